The zero-order chi connectivity index (χ0) is 12.8. The number of anilines is 1. The molecule has 0 atom stereocenters. The van der Waals surface area contributed by atoms with Crippen molar-refractivity contribution in [3.05, 3.63) is 12.4 Å². The fourth-order valence-corrected chi connectivity index (χ4v) is 2.55. The van der Waals surface area contributed by atoms with Crippen LogP contribution in [0.4, 0.5) is 5.82 Å². The van der Waals surface area contributed by atoms with Gasteiger partial charge in [-0.1, -0.05) is 12.8 Å². The second-order valence-electron chi connectivity index (χ2n) is 4.57. The quantitative estimate of drug-likeness (QED) is 0.830. The zero-order valence-electron chi connectivity index (χ0n) is 11.0. The molecule has 1 heterocycles. The van der Waals surface area contributed by atoms with E-state index in [1.165, 1.54) is 25.7 Å². The van der Waals surface area contributed by atoms with Crippen molar-refractivity contribution in [3.8, 4) is 5.88 Å². The van der Waals surface area contributed by atoms with E-state index in [9.17, 15) is 0 Å². The Morgan fingerprint density at radius 2 is 2.17 bits per heavy atom. The van der Waals surface area contributed by atoms with E-state index in [1.54, 1.807) is 6.33 Å². The van der Waals surface area contributed by atoms with Gasteiger partial charge in [-0.25, -0.2) is 9.97 Å². The lowest BCUT2D eigenvalue weighted by atomic mass is 10.2. The van der Waals surface area contributed by atoms with Crippen LogP contribution in [-0.4, -0.2) is 35.7 Å². The maximum Gasteiger partial charge on any atom is 0.218 e. The lowest BCUT2D eigenvalue weighted by Gasteiger charge is -2.29. The Bertz CT molecular complexity index is 366. The molecule has 1 fully saturated rings. The molecule has 5 nitrogen and oxygen atoms in total. The molecule has 2 N–H and O–H groups in total. The van der Waals surface area contributed by atoms with Crippen LogP contribution in [0.1, 0.15) is 32.6 Å². The third-order valence-electron chi connectivity index (χ3n) is 3.35. The van der Waals surface area contributed by atoms with Crippen molar-refractivity contribution in [1.29, 1.82) is 0 Å². The van der Waals surface area contributed by atoms with Crippen LogP contribution in [0.15, 0.2) is 12.4 Å². The first kappa shape index (κ1) is 13.1. The third-order valence-corrected chi connectivity index (χ3v) is 3.35. The standard InChI is InChI=1S/C13H22N4O/c1-2-18-13-9-12(15-10-16-13)17(8-7-14)11-5-3-4-6-11/h9-11H,2-8,14H2,1H3. The summed E-state index contributed by atoms with van der Waals surface area (Å²) in [6.45, 7) is 4.06. The van der Waals surface area contributed by atoms with E-state index >= 15 is 0 Å². The number of hydrogen-bond acceptors (Lipinski definition) is 5. The minimum absolute atomic E-state index is 0.568. The summed E-state index contributed by atoms with van der Waals surface area (Å²) in [5.74, 6) is 1.58. The van der Waals surface area contributed by atoms with Gasteiger partial charge in [-0.05, 0) is 19.8 Å². The number of hydrogen-bond donors (Lipinski definition) is 1. The SMILES string of the molecule is CCOc1cc(N(CCN)C2CCCC2)ncn1. The minimum Gasteiger partial charge on any atom is -0.478 e. The molecule has 1 aliphatic rings. The molecule has 1 saturated carbocycles. The molecule has 100 valence electrons. The van der Waals surface area contributed by atoms with E-state index in [0.29, 0.717) is 25.1 Å². The van der Waals surface area contributed by atoms with E-state index in [1.807, 2.05) is 13.0 Å². The maximum absolute atomic E-state index is 5.71. The highest BCUT2D eigenvalue weighted by atomic mass is 16.5. The minimum atomic E-state index is 0.568. The lowest BCUT2D eigenvalue weighted by Crippen LogP contribution is -2.38. The van der Waals surface area contributed by atoms with Gasteiger partial charge in [0.15, 0.2) is 0 Å². The summed E-state index contributed by atoms with van der Waals surface area (Å²) in [6, 6.07) is 2.48. The van der Waals surface area contributed by atoms with Crippen molar-refractivity contribution in [2.75, 3.05) is 24.6 Å². The highest BCUT2D eigenvalue weighted by molar-refractivity contribution is 5.42. The summed E-state index contributed by atoms with van der Waals surface area (Å²) in [7, 11) is 0. The Morgan fingerprint density at radius 1 is 1.39 bits per heavy atom. The second-order valence-corrected chi connectivity index (χ2v) is 4.57. The smallest absolute Gasteiger partial charge is 0.218 e. The van der Waals surface area contributed by atoms with E-state index in [4.69, 9.17) is 10.5 Å². The largest absolute Gasteiger partial charge is 0.478 e. The van der Waals surface area contributed by atoms with Gasteiger partial charge in [0.25, 0.3) is 0 Å². The summed E-state index contributed by atoms with van der Waals surface area (Å²) in [6.07, 6.45) is 6.63. The van der Waals surface area contributed by atoms with Crippen molar-refractivity contribution >= 4 is 5.82 Å². The van der Waals surface area contributed by atoms with Gasteiger partial charge < -0.3 is 15.4 Å². The third kappa shape index (κ3) is 3.10. The number of aromatic nitrogens is 2. The molecule has 0 amide bonds. The van der Waals surface area contributed by atoms with Gasteiger partial charge in [-0.2, -0.15) is 0 Å². The van der Waals surface area contributed by atoms with Crippen LogP contribution >= 0.6 is 0 Å². The molecule has 1 aromatic rings. The molecule has 1 aliphatic carbocycles. The molecular formula is C13H22N4O. The Hall–Kier alpha value is -1.36. The Kier molecular flexibility index (Phi) is 4.75. The Morgan fingerprint density at radius 3 is 2.83 bits per heavy atom. The van der Waals surface area contributed by atoms with Gasteiger partial charge in [0, 0.05) is 25.2 Å². The Balaban J connectivity index is 2.15. The van der Waals surface area contributed by atoms with Crippen LogP contribution in [0, 0.1) is 0 Å². The normalized spacial score (nSPS) is 15.9. The first-order valence-electron chi connectivity index (χ1n) is 6.76. The average molecular weight is 250 g/mol. The summed E-state index contributed by atoms with van der Waals surface area (Å²) in [5.41, 5.74) is 5.71. The van der Waals surface area contributed by atoms with Crippen LogP contribution in [-0.2, 0) is 0 Å². The van der Waals surface area contributed by atoms with Gasteiger partial charge in [0.05, 0.1) is 6.61 Å². The molecule has 0 bridgehead atoms. The van der Waals surface area contributed by atoms with Crippen molar-refractivity contribution in [3.63, 3.8) is 0 Å². The molecule has 2 rings (SSSR count). The van der Waals surface area contributed by atoms with Crippen LogP contribution in [0.2, 0.25) is 0 Å². The van der Waals surface area contributed by atoms with Gasteiger partial charge in [0.2, 0.25) is 5.88 Å². The van der Waals surface area contributed by atoms with Crippen LogP contribution in [0.3, 0.4) is 0 Å². The fourth-order valence-electron chi connectivity index (χ4n) is 2.55. The van der Waals surface area contributed by atoms with Crippen LogP contribution in [0.5, 0.6) is 5.88 Å². The van der Waals surface area contributed by atoms with E-state index in [0.717, 1.165) is 12.4 Å². The molecule has 5 heteroatoms. The fraction of sp³-hybridized carbons (Fsp3) is 0.692. The summed E-state index contributed by atoms with van der Waals surface area (Å²) in [4.78, 5) is 10.8. The van der Waals surface area contributed by atoms with Crippen molar-refractivity contribution in [2.45, 2.75) is 38.6 Å². The molecule has 0 aromatic carbocycles. The van der Waals surface area contributed by atoms with Crippen molar-refractivity contribution in [1.82, 2.24) is 9.97 Å². The van der Waals surface area contributed by atoms with E-state index < -0.39 is 0 Å². The Labute approximate surface area is 108 Å². The molecule has 1 aromatic heterocycles. The van der Waals surface area contributed by atoms with Gasteiger partial charge in [-0.3, -0.25) is 0 Å². The van der Waals surface area contributed by atoms with Gasteiger partial charge in [-0.15, -0.1) is 0 Å². The van der Waals surface area contributed by atoms with E-state index in [2.05, 4.69) is 14.9 Å². The highest BCUT2D eigenvalue weighted by Crippen LogP contribution is 2.27. The molecule has 0 radical (unpaired) electrons. The van der Waals surface area contributed by atoms with Crippen LogP contribution in [0.25, 0.3) is 0 Å². The molecule has 0 spiro atoms. The average Bonchev–Trinajstić information content (AvgIpc) is 2.90. The summed E-state index contributed by atoms with van der Waals surface area (Å²) in [5, 5.41) is 0. The van der Waals surface area contributed by atoms with Crippen molar-refractivity contribution in [2.24, 2.45) is 5.73 Å². The van der Waals surface area contributed by atoms with E-state index in [-0.39, 0.29) is 0 Å². The predicted octanol–water partition coefficient (Wildman–Crippen LogP) is 1.58. The summed E-state index contributed by atoms with van der Waals surface area (Å²) < 4.78 is 5.43. The van der Waals surface area contributed by atoms with Gasteiger partial charge >= 0.3 is 0 Å². The molecular weight excluding hydrogens is 228 g/mol. The predicted molar refractivity (Wildman–Crippen MR) is 71.9 cm³/mol. The number of nitrogens with two attached hydrogens (primary N) is 1. The number of ether oxygens (including phenoxy) is 1. The maximum atomic E-state index is 5.71. The van der Waals surface area contributed by atoms with Crippen LogP contribution < -0.4 is 15.4 Å². The molecule has 0 saturated heterocycles. The highest BCUT2D eigenvalue weighted by Gasteiger charge is 2.23. The molecule has 0 aliphatic heterocycles. The monoisotopic (exact) mass is 250 g/mol. The molecule has 18 heavy (non-hydrogen) atoms. The summed E-state index contributed by atoms with van der Waals surface area (Å²) >= 11 is 0. The van der Waals surface area contributed by atoms with Gasteiger partial charge in [0.1, 0.15) is 12.1 Å². The molecule has 0 unspecified atom stereocenters. The zero-order valence-corrected chi connectivity index (χ0v) is 11.0. The van der Waals surface area contributed by atoms with Crippen molar-refractivity contribution < 1.29 is 4.74 Å². The first-order valence-corrected chi connectivity index (χ1v) is 6.76. The second kappa shape index (κ2) is 6.54. The topological polar surface area (TPSA) is 64.3 Å². The first-order chi connectivity index (χ1) is 8.85. The lowest BCUT2D eigenvalue weighted by molar-refractivity contribution is 0.326. The number of nitrogens with zero attached hydrogens (tertiary/aromatic N) is 3. The number of rotatable bonds is 6.